The highest BCUT2D eigenvalue weighted by atomic mass is 16.6. The number of aliphatic hydroxyl groups is 2. The van der Waals surface area contributed by atoms with Gasteiger partial charge in [0.1, 0.15) is 25.3 Å². The molecule has 1 aliphatic heterocycles. The van der Waals surface area contributed by atoms with Gasteiger partial charge in [-0.2, -0.15) is 4.98 Å². The minimum absolute atomic E-state index is 0.0418. The number of rotatable bonds is 10. The van der Waals surface area contributed by atoms with Crippen LogP contribution in [0.1, 0.15) is 37.1 Å². The minimum atomic E-state index is -1.38. The maximum Gasteiger partial charge on any atom is 0.316 e. The predicted octanol–water partition coefficient (Wildman–Crippen LogP) is -1.56. The number of nitrogens with two attached hydrogens (primary N) is 2. The zero-order chi connectivity index (χ0) is 25.5. The molecule has 0 radical (unpaired) electrons. The Morgan fingerprint density at radius 2 is 1.89 bits per heavy atom. The Bertz CT molecular complexity index is 1060. The maximum atomic E-state index is 12.8. The number of fused-ring (bicyclic) bond motifs is 1. The molecule has 15 nitrogen and oxygen atoms in total. The number of urea groups is 1. The Labute approximate surface area is 199 Å². The van der Waals surface area contributed by atoms with Crippen molar-refractivity contribution in [1.29, 1.82) is 0 Å². The van der Waals surface area contributed by atoms with E-state index >= 15 is 0 Å². The second kappa shape index (κ2) is 11.5. The van der Waals surface area contributed by atoms with Gasteiger partial charge in [-0.15, -0.1) is 0 Å². The van der Waals surface area contributed by atoms with E-state index in [4.69, 9.17) is 30.6 Å². The van der Waals surface area contributed by atoms with E-state index in [-0.39, 0.29) is 11.7 Å². The summed E-state index contributed by atoms with van der Waals surface area (Å²) in [6.07, 6.45) is -1.70. The summed E-state index contributed by atoms with van der Waals surface area (Å²) < 4.78 is 15.9. The first kappa shape index (κ1) is 25.7. The zero-order valence-electron chi connectivity index (χ0n) is 18.8. The van der Waals surface area contributed by atoms with Crippen molar-refractivity contribution in [2.45, 2.75) is 37.6 Å². The molecule has 190 valence electrons. The first-order valence-corrected chi connectivity index (χ1v) is 10.6. The van der Waals surface area contributed by atoms with Crippen molar-refractivity contribution in [3.05, 3.63) is 29.9 Å². The number of nitrogens with one attached hydrogen (secondary N) is 3. The number of nitrogens with zero attached hydrogens (tertiary/aromatic N) is 2. The van der Waals surface area contributed by atoms with Crippen LogP contribution in [0, 0.1) is 0 Å². The van der Waals surface area contributed by atoms with Crippen molar-refractivity contribution in [2.75, 3.05) is 25.1 Å². The number of anilines is 1. The van der Waals surface area contributed by atoms with Crippen LogP contribution in [0.3, 0.4) is 0 Å². The van der Waals surface area contributed by atoms with Crippen molar-refractivity contribution < 1.29 is 38.6 Å². The van der Waals surface area contributed by atoms with E-state index < -0.39 is 55.1 Å². The Hall–Kier alpha value is -3.95. The van der Waals surface area contributed by atoms with Crippen LogP contribution in [-0.4, -0.2) is 70.2 Å². The third kappa shape index (κ3) is 6.78. The molecule has 15 heteroatoms. The summed E-state index contributed by atoms with van der Waals surface area (Å²) in [5, 5.41) is 30.1. The van der Waals surface area contributed by atoms with Crippen LogP contribution in [-0.2, 0) is 9.59 Å². The van der Waals surface area contributed by atoms with E-state index in [2.05, 4.69) is 26.1 Å². The SMILES string of the molecule is CC(O)C(NC(=O)N[C@@H](CC(N)=O)c1nc([C@@H](N)CO)no1)C(=O)Nc1ccc2c(c1)OCCO2. The molecule has 9 N–H and O–H groups in total. The summed E-state index contributed by atoms with van der Waals surface area (Å²) >= 11 is 0. The van der Waals surface area contributed by atoms with Crippen molar-refractivity contribution in [3.63, 3.8) is 0 Å². The molecule has 4 atom stereocenters. The lowest BCUT2D eigenvalue weighted by atomic mass is 10.1. The lowest BCUT2D eigenvalue weighted by Gasteiger charge is -2.23. The lowest BCUT2D eigenvalue weighted by Crippen LogP contribution is -2.53. The fraction of sp³-hybridized carbons (Fsp3) is 0.450. The molecule has 1 aliphatic rings. The Morgan fingerprint density at radius 3 is 2.54 bits per heavy atom. The van der Waals surface area contributed by atoms with E-state index in [1.54, 1.807) is 18.2 Å². The minimum Gasteiger partial charge on any atom is -0.486 e. The highest BCUT2D eigenvalue weighted by molar-refractivity contribution is 5.97. The van der Waals surface area contributed by atoms with Gasteiger partial charge in [0.15, 0.2) is 17.3 Å². The Kier molecular flexibility index (Phi) is 8.40. The first-order valence-electron chi connectivity index (χ1n) is 10.6. The van der Waals surface area contributed by atoms with Gasteiger partial charge in [0.2, 0.25) is 17.7 Å². The van der Waals surface area contributed by atoms with Crippen molar-refractivity contribution in [1.82, 2.24) is 20.8 Å². The first-order chi connectivity index (χ1) is 16.7. The molecule has 0 saturated heterocycles. The third-order valence-corrected chi connectivity index (χ3v) is 4.86. The number of benzene rings is 1. The monoisotopic (exact) mass is 493 g/mol. The smallest absolute Gasteiger partial charge is 0.316 e. The number of carbonyl (C=O) groups excluding carboxylic acids is 3. The molecule has 0 fully saturated rings. The summed E-state index contributed by atoms with van der Waals surface area (Å²) in [5.41, 5.74) is 11.2. The molecule has 1 aromatic carbocycles. The molecule has 0 aliphatic carbocycles. The summed E-state index contributed by atoms with van der Waals surface area (Å²) in [6.45, 7) is 1.64. The van der Waals surface area contributed by atoms with Crippen LogP contribution < -0.4 is 36.9 Å². The second-order valence-electron chi connectivity index (χ2n) is 7.69. The van der Waals surface area contributed by atoms with Crippen LogP contribution in [0.25, 0.3) is 0 Å². The van der Waals surface area contributed by atoms with Gasteiger partial charge in [-0.3, -0.25) is 9.59 Å². The van der Waals surface area contributed by atoms with Gasteiger partial charge in [0, 0.05) is 11.8 Å². The predicted molar refractivity (Wildman–Crippen MR) is 118 cm³/mol. The molecule has 0 saturated carbocycles. The quantitative estimate of drug-likeness (QED) is 0.200. The molecule has 0 spiro atoms. The maximum absolute atomic E-state index is 12.8. The van der Waals surface area contributed by atoms with Crippen molar-refractivity contribution in [2.24, 2.45) is 11.5 Å². The second-order valence-corrected chi connectivity index (χ2v) is 7.69. The molecule has 3 rings (SSSR count). The van der Waals surface area contributed by atoms with E-state index in [9.17, 15) is 19.5 Å². The van der Waals surface area contributed by atoms with E-state index in [1.165, 1.54) is 6.92 Å². The lowest BCUT2D eigenvalue weighted by molar-refractivity contribution is -0.120. The van der Waals surface area contributed by atoms with Crippen LogP contribution in [0.5, 0.6) is 11.5 Å². The third-order valence-electron chi connectivity index (χ3n) is 4.86. The largest absolute Gasteiger partial charge is 0.486 e. The molecule has 2 heterocycles. The summed E-state index contributed by atoms with van der Waals surface area (Å²) in [4.78, 5) is 40.8. The number of hydrogen-bond acceptors (Lipinski definition) is 11. The summed E-state index contributed by atoms with van der Waals surface area (Å²) in [5.74, 6) is -0.754. The van der Waals surface area contributed by atoms with Gasteiger partial charge >= 0.3 is 6.03 Å². The average molecular weight is 493 g/mol. The van der Waals surface area contributed by atoms with E-state index in [0.29, 0.717) is 30.4 Å². The average Bonchev–Trinajstić information content (AvgIpc) is 3.31. The summed E-state index contributed by atoms with van der Waals surface area (Å²) in [7, 11) is 0. The highest BCUT2D eigenvalue weighted by Gasteiger charge is 2.29. The van der Waals surface area contributed by atoms with Crippen LogP contribution in [0.4, 0.5) is 10.5 Å². The van der Waals surface area contributed by atoms with Crippen LogP contribution in [0.2, 0.25) is 0 Å². The topological polar surface area (TPSA) is 237 Å². The molecular formula is C20H27N7O8. The molecule has 0 bridgehead atoms. The fourth-order valence-corrected chi connectivity index (χ4v) is 3.11. The number of primary amides is 1. The summed E-state index contributed by atoms with van der Waals surface area (Å²) in [6, 6.07) is 0.368. The molecule has 4 amide bonds. The van der Waals surface area contributed by atoms with Gasteiger partial charge < -0.3 is 51.6 Å². The molecule has 35 heavy (non-hydrogen) atoms. The molecule has 2 aromatic rings. The normalized spacial score (nSPS) is 15.9. The zero-order valence-corrected chi connectivity index (χ0v) is 18.8. The number of hydrogen-bond donors (Lipinski definition) is 7. The number of aromatic nitrogens is 2. The van der Waals surface area contributed by atoms with Crippen molar-refractivity contribution in [3.8, 4) is 11.5 Å². The fourth-order valence-electron chi connectivity index (χ4n) is 3.11. The van der Waals surface area contributed by atoms with E-state index in [0.717, 1.165) is 0 Å². The highest BCUT2D eigenvalue weighted by Crippen LogP contribution is 2.32. The molecule has 1 aromatic heterocycles. The van der Waals surface area contributed by atoms with Crippen LogP contribution in [0.15, 0.2) is 22.7 Å². The van der Waals surface area contributed by atoms with Gasteiger partial charge in [-0.25, -0.2) is 4.79 Å². The number of ether oxygens (including phenoxy) is 2. The molecular weight excluding hydrogens is 466 g/mol. The standard InChI is InChI=1S/C20H27N7O8/c1-9(29)16(18(31)23-10-2-3-13-14(6-10)34-5-4-33-13)25-20(32)24-12(7-15(22)30)19-26-17(27-35-19)11(21)8-28/h2-3,6,9,11-12,16,28-29H,4-5,7-8,21H2,1H3,(H2,22,30)(H,23,31)(H2,24,25,32)/t9?,11-,12-,16?/m0/s1. The van der Waals surface area contributed by atoms with Crippen LogP contribution >= 0.6 is 0 Å². The number of amides is 4. The van der Waals surface area contributed by atoms with Gasteiger partial charge in [0.25, 0.3) is 0 Å². The Balaban J connectivity index is 1.67. The van der Waals surface area contributed by atoms with Gasteiger partial charge in [0.05, 0.1) is 25.2 Å². The van der Waals surface area contributed by atoms with Gasteiger partial charge in [-0.05, 0) is 19.1 Å². The number of aliphatic hydroxyl groups excluding tert-OH is 2. The van der Waals surface area contributed by atoms with Gasteiger partial charge in [-0.1, -0.05) is 5.16 Å². The number of carbonyl (C=O) groups is 3. The van der Waals surface area contributed by atoms with E-state index in [1.807, 2.05) is 0 Å². The molecule has 2 unspecified atom stereocenters. The Morgan fingerprint density at radius 1 is 1.17 bits per heavy atom. The van der Waals surface area contributed by atoms with Crippen molar-refractivity contribution >= 4 is 23.5 Å².